The van der Waals surface area contributed by atoms with Crippen molar-refractivity contribution in [3.8, 4) is 0 Å². The molecule has 1 amide bonds. The summed E-state index contributed by atoms with van der Waals surface area (Å²) in [4.78, 5) is 18.5. The van der Waals surface area contributed by atoms with Crippen molar-refractivity contribution in [2.24, 2.45) is 0 Å². The van der Waals surface area contributed by atoms with Crippen LogP contribution in [0.5, 0.6) is 0 Å². The molecule has 0 atom stereocenters. The molecule has 1 aromatic heterocycles. The molecule has 2 aromatic rings. The van der Waals surface area contributed by atoms with E-state index in [2.05, 4.69) is 20.9 Å². The van der Waals surface area contributed by atoms with E-state index in [1.54, 1.807) is 29.3 Å². The number of nitrogen functional groups attached to an aromatic ring is 1. The van der Waals surface area contributed by atoms with Crippen LogP contribution in [-0.2, 0) is 6.54 Å². The smallest absolute Gasteiger partial charge is 0.254 e. The molecule has 1 heterocycles. The van der Waals surface area contributed by atoms with Gasteiger partial charge in [0.1, 0.15) is 0 Å². The Hall–Kier alpha value is -1.88. The molecule has 0 unspecified atom stereocenters. The van der Waals surface area contributed by atoms with Crippen LogP contribution in [0.1, 0.15) is 23.0 Å². The molecular formula is C15H16BrN3O. The number of hydrogen-bond donors (Lipinski definition) is 1. The molecule has 2 rings (SSSR count). The number of rotatable bonds is 4. The van der Waals surface area contributed by atoms with Crippen molar-refractivity contribution in [2.45, 2.75) is 13.5 Å². The van der Waals surface area contributed by atoms with Crippen LogP contribution in [0.3, 0.4) is 0 Å². The molecule has 0 saturated carbocycles. The van der Waals surface area contributed by atoms with Crippen molar-refractivity contribution >= 4 is 27.5 Å². The van der Waals surface area contributed by atoms with Crippen LogP contribution in [-0.4, -0.2) is 22.3 Å². The van der Waals surface area contributed by atoms with Crippen molar-refractivity contribution in [1.29, 1.82) is 0 Å². The Morgan fingerprint density at radius 1 is 1.35 bits per heavy atom. The number of pyridine rings is 1. The first-order valence-electron chi connectivity index (χ1n) is 6.35. The van der Waals surface area contributed by atoms with Crippen LogP contribution in [0.25, 0.3) is 0 Å². The Kier molecular flexibility index (Phi) is 4.74. The van der Waals surface area contributed by atoms with Crippen molar-refractivity contribution in [3.05, 3.63) is 58.3 Å². The van der Waals surface area contributed by atoms with Gasteiger partial charge in [0.25, 0.3) is 5.91 Å². The molecule has 0 radical (unpaired) electrons. The van der Waals surface area contributed by atoms with E-state index >= 15 is 0 Å². The number of nitrogens with two attached hydrogens (primary N) is 1. The lowest BCUT2D eigenvalue weighted by atomic mass is 10.1. The predicted octanol–water partition coefficient (Wildman–Crippen LogP) is 3.09. The van der Waals surface area contributed by atoms with Gasteiger partial charge < -0.3 is 10.6 Å². The highest BCUT2D eigenvalue weighted by Crippen LogP contribution is 2.19. The standard InChI is InChI=1S/C15H16BrN3O/c1-2-19(10-14-5-3-4-6-18-14)15(20)11-7-12(16)9-13(17)8-11/h3-9H,2,10,17H2,1H3. The fourth-order valence-corrected chi connectivity index (χ4v) is 2.44. The lowest BCUT2D eigenvalue weighted by molar-refractivity contribution is 0.0750. The fraction of sp³-hybridized carbons (Fsp3) is 0.200. The van der Waals surface area contributed by atoms with Gasteiger partial charge in [-0.05, 0) is 37.3 Å². The van der Waals surface area contributed by atoms with Gasteiger partial charge in [0.05, 0.1) is 12.2 Å². The minimum atomic E-state index is -0.0499. The maximum atomic E-state index is 12.5. The van der Waals surface area contributed by atoms with E-state index in [0.717, 1.165) is 10.2 Å². The van der Waals surface area contributed by atoms with Crippen molar-refractivity contribution < 1.29 is 4.79 Å². The summed E-state index contributed by atoms with van der Waals surface area (Å²) in [6.45, 7) is 3.05. The summed E-state index contributed by atoms with van der Waals surface area (Å²) in [5, 5.41) is 0. The topological polar surface area (TPSA) is 59.2 Å². The summed E-state index contributed by atoms with van der Waals surface area (Å²) >= 11 is 3.36. The van der Waals surface area contributed by atoms with Gasteiger partial charge in [0, 0.05) is 28.5 Å². The summed E-state index contributed by atoms with van der Waals surface area (Å²) in [6, 6.07) is 10.9. The van der Waals surface area contributed by atoms with Crippen molar-refractivity contribution in [3.63, 3.8) is 0 Å². The van der Waals surface area contributed by atoms with Gasteiger partial charge in [0.2, 0.25) is 0 Å². The Morgan fingerprint density at radius 3 is 2.75 bits per heavy atom. The first-order chi connectivity index (χ1) is 9.60. The van der Waals surface area contributed by atoms with Crippen molar-refractivity contribution in [2.75, 3.05) is 12.3 Å². The van der Waals surface area contributed by atoms with Crippen LogP contribution in [0.4, 0.5) is 5.69 Å². The summed E-state index contributed by atoms with van der Waals surface area (Å²) in [6.07, 6.45) is 1.73. The molecule has 0 aliphatic rings. The normalized spacial score (nSPS) is 10.3. The second-order valence-electron chi connectivity index (χ2n) is 4.41. The van der Waals surface area contributed by atoms with E-state index in [1.807, 2.05) is 25.1 Å². The zero-order valence-electron chi connectivity index (χ0n) is 11.2. The summed E-state index contributed by atoms with van der Waals surface area (Å²) in [5.74, 6) is -0.0499. The van der Waals surface area contributed by atoms with Gasteiger partial charge in [-0.3, -0.25) is 9.78 Å². The molecule has 4 nitrogen and oxygen atoms in total. The molecule has 0 bridgehead atoms. The zero-order valence-corrected chi connectivity index (χ0v) is 12.8. The van der Waals surface area contributed by atoms with Crippen LogP contribution in [0, 0.1) is 0 Å². The molecule has 2 N–H and O–H groups in total. The third-order valence-corrected chi connectivity index (χ3v) is 3.37. The fourth-order valence-electron chi connectivity index (χ4n) is 1.93. The van der Waals surface area contributed by atoms with Gasteiger partial charge in [0.15, 0.2) is 0 Å². The Labute approximate surface area is 126 Å². The van der Waals surface area contributed by atoms with Gasteiger partial charge in [-0.2, -0.15) is 0 Å². The van der Waals surface area contributed by atoms with Gasteiger partial charge >= 0.3 is 0 Å². The van der Waals surface area contributed by atoms with Crippen LogP contribution in [0.2, 0.25) is 0 Å². The predicted molar refractivity (Wildman–Crippen MR) is 83.2 cm³/mol. The third kappa shape index (κ3) is 3.57. The SMILES string of the molecule is CCN(Cc1ccccn1)C(=O)c1cc(N)cc(Br)c1. The second-order valence-corrected chi connectivity index (χ2v) is 5.33. The highest BCUT2D eigenvalue weighted by Gasteiger charge is 2.15. The summed E-state index contributed by atoms with van der Waals surface area (Å²) < 4.78 is 0.801. The molecular weight excluding hydrogens is 318 g/mol. The van der Waals surface area contributed by atoms with E-state index in [9.17, 15) is 4.79 Å². The number of hydrogen-bond acceptors (Lipinski definition) is 3. The lowest BCUT2D eigenvalue weighted by Gasteiger charge is -2.20. The first-order valence-corrected chi connectivity index (χ1v) is 7.14. The monoisotopic (exact) mass is 333 g/mol. The van der Waals surface area contributed by atoms with Gasteiger partial charge in [-0.25, -0.2) is 0 Å². The van der Waals surface area contributed by atoms with E-state index in [4.69, 9.17) is 5.73 Å². The molecule has 104 valence electrons. The van der Waals surface area contributed by atoms with Crippen LogP contribution < -0.4 is 5.73 Å². The Bertz CT molecular complexity index is 581. The highest BCUT2D eigenvalue weighted by molar-refractivity contribution is 9.10. The largest absolute Gasteiger partial charge is 0.399 e. The molecule has 0 aliphatic heterocycles. The quantitative estimate of drug-likeness (QED) is 0.874. The molecule has 0 spiro atoms. The maximum absolute atomic E-state index is 12.5. The Balaban J connectivity index is 2.20. The third-order valence-electron chi connectivity index (χ3n) is 2.92. The minimum absolute atomic E-state index is 0.0499. The second kappa shape index (κ2) is 6.52. The number of halogens is 1. The number of benzene rings is 1. The van der Waals surface area contributed by atoms with Crippen LogP contribution in [0.15, 0.2) is 47.1 Å². The average molecular weight is 334 g/mol. The van der Waals surface area contributed by atoms with E-state index in [0.29, 0.717) is 24.3 Å². The van der Waals surface area contributed by atoms with Gasteiger partial charge in [-0.15, -0.1) is 0 Å². The number of amides is 1. The zero-order chi connectivity index (χ0) is 14.5. The minimum Gasteiger partial charge on any atom is -0.399 e. The molecule has 0 aliphatic carbocycles. The van der Waals surface area contributed by atoms with Crippen molar-refractivity contribution in [1.82, 2.24) is 9.88 Å². The molecule has 20 heavy (non-hydrogen) atoms. The number of carbonyl (C=O) groups is 1. The Morgan fingerprint density at radius 2 is 2.15 bits per heavy atom. The molecule has 5 heteroatoms. The molecule has 0 saturated heterocycles. The number of carbonyl (C=O) groups excluding carboxylic acids is 1. The average Bonchev–Trinajstić information content (AvgIpc) is 2.44. The number of anilines is 1. The number of nitrogens with zero attached hydrogens (tertiary/aromatic N) is 2. The number of aromatic nitrogens is 1. The van der Waals surface area contributed by atoms with E-state index < -0.39 is 0 Å². The molecule has 0 fully saturated rings. The summed E-state index contributed by atoms with van der Waals surface area (Å²) in [5.41, 5.74) is 7.79. The van der Waals surface area contributed by atoms with Crippen LogP contribution >= 0.6 is 15.9 Å². The maximum Gasteiger partial charge on any atom is 0.254 e. The first kappa shape index (κ1) is 14.5. The lowest BCUT2D eigenvalue weighted by Crippen LogP contribution is -2.30. The molecule has 1 aromatic carbocycles. The summed E-state index contributed by atoms with van der Waals surface area (Å²) in [7, 11) is 0. The van der Waals surface area contributed by atoms with E-state index in [1.165, 1.54) is 0 Å². The van der Waals surface area contributed by atoms with Gasteiger partial charge in [-0.1, -0.05) is 22.0 Å². The highest BCUT2D eigenvalue weighted by atomic mass is 79.9. The van der Waals surface area contributed by atoms with E-state index in [-0.39, 0.29) is 5.91 Å².